The smallest absolute Gasteiger partial charge is 0.341 e. The van der Waals surface area contributed by atoms with Gasteiger partial charge in [-0.05, 0) is 29.7 Å². The predicted molar refractivity (Wildman–Crippen MR) is 175 cm³/mol. The molecule has 1 N–H and O–H groups in total. The quantitative estimate of drug-likeness (QED) is 0.115. The average molecular weight is 573 g/mol. The molecule has 0 aliphatic carbocycles. The molecule has 42 heavy (non-hydrogen) atoms. The summed E-state index contributed by atoms with van der Waals surface area (Å²) in [5.41, 5.74) is 3.59. The molecule has 3 rings (SSSR count). The molecular weight excluding hydrogens is 520 g/mol. The lowest BCUT2D eigenvalue weighted by atomic mass is 9.96. The van der Waals surface area contributed by atoms with Gasteiger partial charge in [0.15, 0.2) is 6.61 Å². The van der Waals surface area contributed by atoms with Crippen molar-refractivity contribution in [3.63, 3.8) is 0 Å². The molecule has 4 heteroatoms. The van der Waals surface area contributed by atoms with Crippen LogP contribution in [-0.4, -0.2) is 24.3 Å². The Balaban J connectivity index is 1.43. The van der Waals surface area contributed by atoms with Crippen molar-refractivity contribution in [2.75, 3.05) is 13.2 Å². The maximum Gasteiger partial charge on any atom is 0.341 e. The van der Waals surface area contributed by atoms with E-state index in [1.807, 2.05) is 72.8 Å². The third-order valence-corrected chi connectivity index (χ3v) is 7.84. The van der Waals surface area contributed by atoms with E-state index < -0.39 is 12.6 Å². The first-order chi connectivity index (χ1) is 20.7. The van der Waals surface area contributed by atoms with Gasteiger partial charge in [0.25, 0.3) is 0 Å². The number of carbonyl (C=O) groups is 1. The highest BCUT2D eigenvalue weighted by molar-refractivity contribution is 5.84. The molecule has 0 heterocycles. The topological polar surface area (TPSA) is 55.8 Å². The second-order valence-electron chi connectivity index (χ2n) is 11.4. The van der Waals surface area contributed by atoms with Gasteiger partial charge in [0.05, 0.1) is 6.61 Å². The third-order valence-electron chi connectivity index (χ3n) is 7.84. The summed E-state index contributed by atoms with van der Waals surface area (Å²) in [6, 6.07) is 23.8. The number of benzene rings is 3. The van der Waals surface area contributed by atoms with Gasteiger partial charge in [-0.3, -0.25) is 0 Å². The molecule has 228 valence electrons. The van der Waals surface area contributed by atoms with Crippen LogP contribution in [0.2, 0.25) is 0 Å². The Morgan fingerprint density at radius 2 is 0.976 bits per heavy atom. The number of hydrogen-bond donors (Lipinski definition) is 1. The summed E-state index contributed by atoms with van der Waals surface area (Å²) in [4.78, 5) is 11.4. The lowest BCUT2D eigenvalue weighted by Crippen LogP contribution is -2.11. The van der Waals surface area contributed by atoms with Crippen LogP contribution in [0.15, 0.2) is 72.8 Å². The first-order valence-corrected chi connectivity index (χ1v) is 16.5. The van der Waals surface area contributed by atoms with Crippen LogP contribution in [0.3, 0.4) is 0 Å². The molecule has 0 atom stereocenters. The molecule has 0 aliphatic heterocycles. The van der Waals surface area contributed by atoms with E-state index in [4.69, 9.17) is 9.47 Å². The molecule has 0 spiro atoms. The number of rotatable bonds is 23. The summed E-state index contributed by atoms with van der Waals surface area (Å²) >= 11 is 0. The monoisotopic (exact) mass is 572 g/mol. The van der Waals surface area contributed by atoms with Gasteiger partial charge in [-0.25, -0.2) is 4.79 Å². The van der Waals surface area contributed by atoms with E-state index in [1.165, 1.54) is 96.3 Å². The molecule has 3 aromatic rings. The summed E-state index contributed by atoms with van der Waals surface area (Å²) in [7, 11) is 0. The molecule has 0 aromatic heterocycles. The van der Waals surface area contributed by atoms with Gasteiger partial charge in [0, 0.05) is 11.1 Å². The van der Waals surface area contributed by atoms with Gasteiger partial charge in [0.1, 0.15) is 11.5 Å². The van der Waals surface area contributed by atoms with Crippen molar-refractivity contribution in [3.05, 3.63) is 72.8 Å². The Kier molecular flexibility index (Phi) is 16.3. The van der Waals surface area contributed by atoms with E-state index in [2.05, 4.69) is 6.92 Å². The van der Waals surface area contributed by atoms with Crippen molar-refractivity contribution in [1.29, 1.82) is 0 Å². The standard InChI is InChI=1S/C38H52O4/c1-2-3-4-5-6-7-8-9-10-11-12-13-14-15-16-23-28-41-34-29-35(32-24-19-17-20-25-32)38(42-31-37(39)40)36(30-34)33-26-21-18-22-27-33/h17-22,24-27,29-30H,2-16,23,28,31H2,1H3,(H,39,40). The molecule has 0 amide bonds. The van der Waals surface area contributed by atoms with Crippen LogP contribution >= 0.6 is 0 Å². The van der Waals surface area contributed by atoms with E-state index in [-0.39, 0.29) is 0 Å². The van der Waals surface area contributed by atoms with Gasteiger partial charge in [-0.15, -0.1) is 0 Å². The third kappa shape index (κ3) is 12.7. The molecule has 0 aliphatic rings. The van der Waals surface area contributed by atoms with E-state index in [9.17, 15) is 9.90 Å². The van der Waals surface area contributed by atoms with Crippen LogP contribution in [0.25, 0.3) is 22.3 Å². The van der Waals surface area contributed by atoms with Crippen LogP contribution in [0, 0.1) is 0 Å². The van der Waals surface area contributed by atoms with Crippen molar-refractivity contribution >= 4 is 5.97 Å². The maximum absolute atomic E-state index is 11.4. The van der Waals surface area contributed by atoms with Crippen LogP contribution in [0.1, 0.15) is 110 Å². The SMILES string of the molecule is CCCCCCCCCCCCCCCCCCOc1cc(-c2ccccc2)c(OCC(=O)O)c(-c2ccccc2)c1. The zero-order valence-electron chi connectivity index (χ0n) is 25.8. The second-order valence-corrected chi connectivity index (χ2v) is 11.4. The molecule has 0 saturated carbocycles. The molecule has 0 saturated heterocycles. The van der Waals surface area contributed by atoms with Gasteiger partial charge in [0.2, 0.25) is 0 Å². The zero-order valence-corrected chi connectivity index (χ0v) is 25.8. The van der Waals surface area contributed by atoms with Crippen molar-refractivity contribution in [3.8, 4) is 33.8 Å². The fraction of sp³-hybridized carbons (Fsp3) is 0.500. The fourth-order valence-electron chi connectivity index (χ4n) is 5.48. The normalized spacial score (nSPS) is 11.0. The molecule has 0 unspecified atom stereocenters. The Bertz CT molecular complexity index is 1070. The first-order valence-electron chi connectivity index (χ1n) is 16.5. The number of hydrogen-bond acceptors (Lipinski definition) is 3. The van der Waals surface area contributed by atoms with E-state index >= 15 is 0 Å². The summed E-state index contributed by atoms with van der Waals surface area (Å²) in [6.45, 7) is 2.54. The Labute approximate surface area is 254 Å². The Morgan fingerprint density at radius 1 is 0.571 bits per heavy atom. The fourth-order valence-corrected chi connectivity index (χ4v) is 5.48. The number of carboxylic acids is 1. The van der Waals surface area contributed by atoms with Crippen LogP contribution in [0.5, 0.6) is 11.5 Å². The van der Waals surface area contributed by atoms with Crippen molar-refractivity contribution in [2.24, 2.45) is 0 Å². The number of carboxylic acid groups (broad SMARTS) is 1. The van der Waals surface area contributed by atoms with Crippen molar-refractivity contribution < 1.29 is 19.4 Å². The number of unbranched alkanes of at least 4 members (excludes halogenated alkanes) is 15. The zero-order chi connectivity index (χ0) is 29.7. The Morgan fingerprint density at radius 3 is 1.38 bits per heavy atom. The van der Waals surface area contributed by atoms with Gasteiger partial charge < -0.3 is 14.6 Å². The van der Waals surface area contributed by atoms with E-state index in [0.717, 1.165) is 34.4 Å². The van der Waals surface area contributed by atoms with Gasteiger partial charge >= 0.3 is 5.97 Å². The van der Waals surface area contributed by atoms with Gasteiger partial charge in [-0.2, -0.15) is 0 Å². The Hall–Kier alpha value is -3.27. The molecule has 0 radical (unpaired) electrons. The maximum atomic E-state index is 11.4. The number of aliphatic carboxylic acids is 1. The minimum atomic E-state index is -1.00. The summed E-state index contributed by atoms with van der Waals surface area (Å²) in [6.07, 6.45) is 21.5. The van der Waals surface area contributed by atoms with E-state index in [1.54, 1.807) is 0 Å². The largest absolute Gasteiger partial charge is 0.494 e. The minimum Gasteiger partial charge on any atom is -0.494 e. The van der Waals surface area contributed by atoms with Crippen LogP contribution < -0.4 is 9.47 Å². The minimum absolute atomic E-state index is 0.404. The van der Waals surface area contributed by atoms with Crippen LogP contribution in [-0.2, 0) is 4.79 Å². The molecule has 0 bridgehead atoms. The molecular formula is C38H52O4. The summed E-state index contributed by atoms with van der Waals surface area (Å²) < 4.78 is 12.1. The summed E-state index contributed by atoms with van der Waals surface area (Å²) in [5.74, 6) is 0.331. The molecule has 3 aromatic carbocycles. The average Bonchev–Trinajstić information content (AvgIpc) is 3.02. The molecule has 0 fully saturated rings. The first kappa shape index (κ1) is 33.2. The highest BCUT2D eigenvalue weighted by Crippen LogP contribution is 2.42. The highest BCUT2D eigenvalue weighted by atomic mass is 16.5. The predicted octanol–water partition coefficient (Wildman–Crippen LogP) is 11.1. The second kappa shape index (κ2) is 20.6. The lowest BCUT2D eigenvalue weighted by Gasteiger charge is -2.18. The van der Waals surface area contributed by atoms with E-state index in [0.29, 0.717) is 12.4 Å². The lowest BCUT2D eigenvalue weighted by molar-refractivity contribution is -0.139. The number of ether oxygens (including phenoxy) is 2. The van der Waals surface area contributed by atoms with Crippen molar-refractivity contribution in [2.45, 2.75) is 110 Å². The molecule has 4 nitrogen and oxygen atoms in total. The van der Waals surface area contributed by atoms with Crippen molar-refractivity contribution in [1.82, 2.24) is 0 Å². The van der Waals surface area contributed by atoms with Gasteiger partial charge in [-0.1, -0.05) is 164 Å². The van der Waals surface area contributed by atoms with Crippen LogP contribution in [0.4, 0.5) is 0 Å². The highest BCUT2D eigenvalue weighted by Gasteiger charge is 2.17. The summed E-state index contributed by atoms with van der Waals surface area (Å²) in [5, 5.41) is 9.32.